The van der Waals surface area contributed by atoms with Gasteiger partial charge in [-0.2, -0.15) is 0 Å². The molecule has 3 rings (SSSR count). The summed E-state index contributed by atoms with van der Waals surface area (Å²) in [6.07, 6.45) is 6.98. The first-order valence-electron chi connectivity index (χ1n) is 8.00. The van der Waals surface area contributed by atoms with E-state index < -0.39 is 0 Å². The first kappa shape index (κ1) is 17.6. The Bertz CT molecular complexity index is 495. The van der Waals surface area contributed by atoms with Crippen LogP contribution in [0.5, 0.6) is 0 Å². The van der Waals surface area contributed by atoms with E-state index in [0.717, 1.165) is 23.4 Å². The summed E-state index contributed by atoms with van der Waals surface area (Å²) < 4.78 is 0. The van der Waals surface area contributed by atoms with Crippen molar-refractivity contribution < 1.29 is 4.79 Å². The maximum Gasteiger partial charge on any atom is 0.237 e. The second-order valence-corrected chi connectivity index (χ2v) is 6.71. The van der Waals surface area contributed by atoms with E-state index in [1.165, 1.54) is 25.7 Å². The fourth-order valence-corrected chi connectivity index (χ4v) is 3.88. The molecule has 0 aromatic heterocycles. The molecule has 122 valence electrons. The van der Waals surface area contributed by atoms with Gasteiger partial charge in [-0.05, 0) is 49.3 Å². The minimum absolute atomic E-state index is 0. The smallest absolute Gasteiger partial charge is 0.237 e. The number of rotatable bonds is 4. The number of amides is 1. The summed E-state index contributed by atoms with van der Waals surface area (Å²) in [5.74, 6) is 0.869. The molecule has 1 saturated carbocycles. The SMILES string of the molecule is Cl.O=C(NCCc1cccc(Cl)c1)C1CC2CCCCC2N1. The van der Waals surface area contributed by atoms with E-state index in [1.807, 2.05) is 24.3 Å². The average Bonchev–Trinajstić information content (AvgIpc) is 2.91. The molecule has 22 heavy (non-hydrogen) atoms. The molecule has 1 saturated heterocycles. The van der Waals surface area contributed by atoms with E-state index >= 15 is 0 Å². The van der Waals surface area contributed by atoms with Crippen molar-refractivity contribution in [2.24, 2.45) is 5.92 Å². The monoisotopic (exact) mass is 342 g/mol. The zero-order valence-corrected chi connectivity index (χ0v) is 14.3. The molecular formula is C17H24Cl2N2O. The van der Waals surface area contributed by atoms with Crippen LogP contribution in [0.25, 0.3) is 0 Å². The van der Waals surface area contributed by atoms with E-state index in [9.17, 15) is 4.79 Å². The van der Waals surface area contributed by atoms with Crippen LogP contribution in [0, 0.1) is 5.92 Å². The van der Waals surface area contributed by atoms with Crippen molar-refractivity contribution in [3.63, 3.8) is 0 Å². The van der Waals surface area contributed by atoms with Gasteiger partial charge in [0.05, 0.1) is 6.04 Å². The summed E-state index contributed by atoms with van der Waals surface area (Å²) >= 11 is 5.96. The number of carbonyl (C=O) groups excluding carboxylic acids is 1. The Hall–Kier alpha value is -0.770. The second-order valence-electron chi connectivity index (χ2n) is 6.28. The Morgan fingerprint density at radius 3 is 2.91 bits per heavy atom. The van der Waals surface area contributed by atoms with Crippen molar-refractivity contribution >= 4 is 29.9 Å². The molecular weight excluding hydrogens is 319 g/mol. The highest BCUT2D eigenvalue weighted by Crippen LogP contribution is 2.33. The van der Waals surface area contributed by atoms with Gasteiger partial charge in [0.25, 0.3) is 0 Å². The van der Waals surface area contributed by atoms with Gasteiger partial charge in [-0.15, -0.1) is 12.4 Å². The Kier molecular flexibility index (Phi) is 6.54. The summed E-state index contributed by atoms with van der Waals surface area (Å²) in [4.78, 5) is 12.2. The van der Waals surface area contributed by atoms with Crippen LogP contribution in [-0.4, -0.2) is 24.5 Å². The van der Waals surface area contributed by atoms with Crippen LogP contribution < -0.4 is 10.6 Å². The third-order valence-electron chi connectivity index (χ3n) is 4.78. The molecule has 2 fully saturated rings. The van der Waals surface area contributed by atoms with E-state index in [-0.39, 0.29) is 24.4 Å². The zero-order valence-electron chi connectivity index (χ0n) is 12.7. The predicted molar refractivity (Wildman–Crippen MR) is 92.7 cm³/mol. The topological polar surface area (TPSA) is 41.1 Å². The largest absolute Gasteiger partial charge is 0.354 e. The van der Waals surface area contributed by atoms with Crippen LogP contribution in [-0.2, 0) is 11.2 Å². The lowest BCUT2D eigenvalue weighted by atomic mass is 9.85. The quantitative estimate of drug-likeness (QED) is 0.880. The van der Waals surface area contributed by atoms with E-state index in [1.54, 1.807) is 0 Å². The summed E-state index contributed by atoms with van der Waals surface area (Å²) in [5.41, 5.74) is 1.16. The molecule has 0 spiro atoms. The highest BCUT2D eigenvalue weighted by Gasteiger charge is 2.37. The number of halogens is 2. The van der Waals surface area contributed by atoms with Gasteiger partial charge in [0.1, 0.15) is 0 Å². The van der Waals surface area contributed by atoms with E-state index in [4.69, 9.17) is 11.6 Å². The third kappa shape index (κ3) is 4.37. The lowest BCUT2D eigenvalue weighted by Crippen LogP contribution is -2.43. The first-order valence-corrected chi connectivity index (χ1v) is 8.38. The molecule has 0 bridgehead atoms. The third-order valence-corrected chi connectivity index (χ3v) is 5.02. The number of hydrogen-bond acceptors (Lipinski definition) is 2. The Balaban J connectivity index is 0.00000176. The zero-order chi connectivity index (χ0) is 14.7. The van der Waals surface area contributed by atoms with Gasteiger partial charge in [0.15, 0.2) is 0 Å². The molecule has 3 atom stereocenters. The van der Waals surface area contributed by atoms with Crippen LogP contribution in [0.15, 0.2) is 24.3 Å². The lowest BCUT2D eigenvalue weighted by Gasteiger charge is -2.24. The lowest BCUT2D eigenvalue weighted by molar-refractivity contribution is -0.122. The standard InChI is InChI=1S/C17H23ClN2O.ClH/c18-14-6-3-4-12(10-14)8-9-19-17(21)16-11-13-5-1-2-7-15(13)20-16;/h3-4,6,10,13,15-16,20H,1-2,5,7-9,11H2,(H,19,21);1H. The maximum atomic E-state index is 12.2. The van der Waals surface area contributed by atoms with Gasteiger partial charge in [-0.3, -0.25) is 4.79 Å². The Morgan fingerprint density at radius 1 is 1.32 bits per heavy atom. The molecule has 1 heterocycles. The molecule has 1 aromatic rings. The molecule has 2 aliphatic rings. The summed E-state index contributed by atoms with van der Waals surface area (Å²) in [7, 11) is 0. The molecule has 2 N–H and O–H groups in total. The van der Waals surface area contributed by atoms with Crippen molar-refractivity contribution in [3.8, 4) is 0 Å². The predicted octanol–water partition coefficient (Wildman–Crippen LogP) is 3.34. The Labute approximate surface area is 143 Å². The maximum absolute atomic E-state index is 12.2. The van der Waals surface area contributed by atoms with E-state index in [0.29, 0.717) is 18.5 Å². The second kappa shape index (κ2) is 8.19. The van der Waals surface area contributed by atoms with E-state index in [2.05, 4.69) is 10.6 Å². The van der Waals surface area contributed by atoms with Gasteiger partial charge in [0.2, 0.25) is 5.91 Å². The van der Waals surface area contributed by atoms with Gasteiger partial charge in [0, 0.05) is 17.6 Å². The summed E-state index contributed by atoms with van der Waals surface area (Å²) in [6.45, 7) is 0.673. The number of nitrogens with one attached hydrogen (secondary N) is 2. The van der Waals surface area contributed by atoms with Crippen molar-refractivity contribution in [2.75, 3.05) is 6.54 Å². The highest BCUT2D eigenvalue weighted by molar-refractivity contribution is 6.30. The van der Waals surface area contributed by atoms with Gasteiger partial charge in [-0.1, -0.05) is 36.6 Å². The van der Waals surface area contributed by atoms with Gasteiger partial charge >= 0.3 is 0 Å². The normalized spacial score (nSPS) is 26.9. The number of fused-ring (bicyclic) bond motifs is 1. The highest BCUT2D eigenvalue weighted by atomic mass is 35.5. The molecule has 3 nitrogen and oxygen atoms in total. The molecule has 3 unspecified atom stereocenters. The molecule has 1 aromatic carbocycles. The number of benzene rings is 1. The van der Waals surface area contributed by atoms with Crippen molar-refractivity contribution in [1.29, 1.82) is 0 Å². The minimum Gasteiger partial charge on any atom is -0.354 e. The number of hydrogen-bond donors (Lipinski definition) is 2. The van der Waals surface area contributed by atoms with Gasteiger partial charge in [-0.25, -0.2) is 0 Å². The van der Waals surface area contributed by atoms with Crippen LogP contribution in [0.2, 0.25) is 5.02 Å². The van der Waals surface area contributed by atoms with Crippen molar-refractivity contribution in [3.05, 3.63) is 34.9 Å². The molecule has 1 amide bonds. The van der Waals surface area contributed by atoms with Crippen molar-refractivity contribution in [1.82, 2.24) is 10.6 Å². The summed E-state index contributed by atoms with van der Waals surface area (Å²) in [5, 5.41) is 7.33. The average molecular weight is 343 g/mol. The minimum atomic E-state index is 0. The first-order chi connectivity index (χ1) is 10.2. The fourth-order valence-electron chi connectivity index (χ4n) is 3.67. The molecule has 0 radical (unpaired) electrons. The number of carbonyl (C=O) groups is 1. The molecule has 5 heteroatoms. The van der Waals surface area contributed by atoms with Crippen LogP contribution in [0.1, 0.15) is 37.7 Å². The fraction of sp³-hybridized carbons (Fsp3) is 0.588. The summed E-state index contributed by atoms with van der Waals surface area (Å²) in [6, 6.07) is 8.40. The molecule has 1 aliphatic heterocycles. The van der Waals surface area contributed by atoms with Crippen molar-refractivity contribution in [2.45, 2.75) is 50.6 Å². The van der Waals surface area contributed by atoms with Crippen LogP contribution >= 0.6 is 24.0 Å². The van der Waals surface area contributed by atoms with Crippen LogP contribution in [0.3, 0.4) is 0 Å². The van der Waals surface area contributed by atoms with Crippen LogP contribution in [0.4, 0.5) is 0 Å². The van der Waals surface area contributed by atoms with Gasteiger partial charge < -0.3 is 10.6 Å². The Morgan fingerprint density at radius 2 is 2.14 bits per heavy atom. The molecule has 1 aliphatic carbocycles.